The van der Waals surface area contributed by atoms with Crippen LogP contribution in [0.15, 0.2) is 48.9 Å². The van der Waals surface area contributed by atoms with Gasteiger partial charge in [0.2, 0.25) is 0 Å². The van der Waals surface area contributed by atoms with E-state index in [0.717, 1.165) is 27.5 Å². The van der Waals surface area contributed by atoms with Crippen molar-refractivity contribution in [3.05, 3.63) is 54.5 Å². The Labute approximate surface area is 134 Å². The lowest BCUT2D eigenvalue weighted by Gasteiger charge is -2.10. The van der Waals surface area contributed by atoms with Crippen LogP contribution in [-0.4, -0.2) is 22.5 Å². The Hall–Kier alpha value is -2.95. The van der Waals surface area contributed by atoms with Crippen molar-refractivity contribution in [2.75, 3.05) is 11.9 Å². The minimum Gasteiger partial charge on any atom is -0.338 e. The Morgan fingerprint density at radius 3 is 2.78 bits per heavy atom. The van der Waals surface area contributed by atoms with Gasteiger partial charge in [-0.1, -0.05) is 12.1 Å². The van der Waals surface area contributed by atoms with Gasteiger partial charge in [-0.05, 0) is 48.6 Å². The molecule has 23 heavy (non-hydrogen) atoms. The number of hydrogen-bond acceptors (Lipinski definition) is 3. The highest BCUT2D eigenvalue weighted by atomic mass is 16.2. The van der Waals surface area contributed by atoms with Crippen molar-refractivity contribution in [1.29, 1.82) is 0 Å². The number of amides is 2. The Kier molecular flexibility index (Phi) is 4.19. The maximum atomic E-state index is 11.6. The van der Waals surface area contributed by atoms with Crippen LogP contribution < -0.4 is 10.6 Å². The molecule has 0 atom stereocenters. The minimum atomic E-state index is -0.250. The monoisotopic (exact) mass is 306 g/mol. The molecule has 0 fully saturated rings. The number of anilines is 1. The first-order valence-electron chi connectivity index (χ1n) is 7.53. The first-order valence-corrected chi connectivity index (χ1v) is 7.53. The van der Waals surface area contributed by atoms with Gasteiger partial charge in [0.05, 0.1) is 0 Å². The summed E-state index contributed by atoms with van der Waals surface area (Å²) in [6.45, 7) is 4.50. The van der Waals surface area contributed by atoms with Gasteiger partial charge in [-0.25, -0.2) is 9.78 Å². The molecule has 0 saturated heterocycles. The predicted octanol–water partition coefficient (Wildman–Crippen LogP) is 3.75. The van der Waals surface area contributed by atoms with Gasteiger partial charge in [0.15, 0.2) is 0 Å². The number of carbonyl (C=O) groups excluding carboxylic acids is 1. The third kappa shape index (κ3) is 3.29. The van der Waals surface area contributed by atoms with Crippen molar-refractivity contribution in [3.63, 3.8) is 0 Å². The molecule has 2 N–H and O–H groups in total. The Balaban J connectivity index is 2.02. The highest BCUT2D eigenvalue weighted by Crippen LogP contribution is 2.27. The summed E-state index contributed by atoms with van der Waals surface area (Å²) in [5.74, 6) is 0.534. The number of fused-ring (bicyclic) bond motifs is 1. The van der Waals surface area contributed by atoms with Crippen molar-refractivity contribution in [2.45, 2.75) is 13.8 Å². The summed E-state index contributed by atoms with van der Waals surface area (Å²) in [6.07, 6.45) is 5.39. The van der Waals surface area contributed by atoms with Crippen molar-refractivity contribution >= 4 is 22.6 Å². The molecule has 0 aliphatic rings. The van der Waals surface area contributed by atoms with Crippen LogP contribution in [0.1, 0.15) is 12.5 Å². The van der Waals surface area contributed by atoms with Crippen LogP contribution in [0.2, 0.25) is 0 Å². The molecular formula is C18H18N4O. The molecule has 5 nitrogen and oxygen atoms in total. The number of aryl methyl sites for hydroxylation is 1. The van der Waals surface area contributed by atoms with Crippen molar-refractivity contribution in [1.82, 2.24) is 15.3 Å². The molecule has 116 valence electrons. The number of benzene rings is 1. The maximum Gasteiger partial charge on any atom is 0.320 e. The fourth-order valence-corrected chi connectivity index (χ4v) is 2.53. The highest BCUT2D eigenvalue weighted by Gasteiger charge is 2.07. The molecule has 3 aromatic rings. The van der Waals surface area contributed by atoms with E-state index in [0.29, 0.717) is 12.4 Å². The van der Waals surface area contributed by atoms with E-state index in [1.54, 1.807) is 12.4 Å². The summed E-state index contributed by atoms with van der Waals surface area (Å²) in [7, 11) is 0. The molecule has 0 aliphatic heterocycles. The molecule has 0 aliphatic carbocycles. The Bertz CT molecular complexity index is 846. The van der Waals surface area contributed by atoms with Gasteiger partial charge >= 0.3 is 6.03 Å². The fraction of sp³-hybridized carbons (Fsp3) is 0.167. The maximum absolute atomic E-state index is 11.6. The van der Waals surface area contributed by atoms with E-state index in [4.69, 9.17) is 0 Å². The molecule has 1 aromatic carbocycles. The van der Waals surface area contributed by atoms with E-state index in [-0.39, 0.29) is 6.03 Å². The van der Waals surface area contributed by atoms with Crippen LogP contribution in [0.25, 0.3) is 21.9 Å². The molecule has 0 radical (unpaired) electrons. The number of hydrogen-bond donors (Lipinski definition) is 2. The Morgan fingerprint density at radius 1 is 1.17 bits per heavy atom. The van der Waals surface area contributed by atoms with Crippen LogP contribution in [0.3, 0.4) is 0 Å². The van der Waals surface area contributed by atoms with Gasteiger partial charge in [0, 0.05) is 36.1 Å². The van der Waals surface area contributed by atoms with Gasteiger partial charge in [0.1, 0.15) is 5.82 Å². The van der Waals surface area contributed by atoms with E-state index in [1.165, 1.54) is 0 Å². The van der Waals surface area contributed by atoms with E-state index in [9.17, 15) is 4.79 Å². The molecule has 0 bridgehead atoms. The molecule has 2 aromatic heterocycles. The lowest BCUT2D eigenvalue weighted by atomic mass is 9.99. The van der Waals surface area contributed by atoms with Crippen molar-refractivity contribution in [2.24, 2.45) is 0 Å². The number of aromatic nitrogens is 2. The average Bonchev–Trinajstić information content (AvgIpc) is 2.55. The second-order valence-corrected chi connectivity index (χ2v) is 5.31. The van der Waals surface area contributed by atoms with Crippen molar-refractivity contribution < 1.29 is 4.79 Å². The average molecular weight is 306 g/mol. The largest absolute Gasteiger partial charge is 0.338 e. The predicted molar refractivity (Wildman–Crippen MR) is 92.4 cm³/mol. The highest BCUT2D eigenvalue weighted by molar-refractivity contribution is 5.94. The second kappa shape index (κ2) is 6.44. The van der Waals surface area contributed by atoms with Gasteiger partial charge in [-0.2, -0.15) is 0 Å². The van der Waals surface area contributed by atoms with Crippen LogP contribution in [0.5, 0.6) is 0 Å². The van der Waals surface area contributed by atoms with Crippen LogP contribution >= 0.6 is 0 Å². The normalized spacial score (nSPS) is 10.5. The quantitative estimate of drug-likeness (QED) is 0.774. The minimum absolute atomic E-state index is 0.250. The van der Waals surface area contributed by atoms with E-state index < -0.39 is 0 Å². The van der Waals surface area contributed by atoms with Gasteiger partial charge in [0.25, 0.3) is 0 Å². The van der Waals surface area contributed by atoms with Gasteiger partial charge in [-0.15, -0.1) is 0 Å². The topological polar surface area (TPSA) is 66.9 Å². The first-order chi connectivity index (χ1) is 11.2. The van der Waals surface area contributed by atoms with Gasteiger partial charge < -0.3 is 5.32 Å². The van der Waals surface area contributed by atoms with E-state index in [1.807, 2.05) is 31.3 Å². The van der Waals surface area contributed by atoms with Crippen LogP contribution in [-0.2, 0) is 0 Å². The zero-order chi connectivity index (χ0) is 16.2. The number of pyridine rings is 2. The summed E-state index contributed by atoms with van der Waals surface area (Å²) in [4.78, 5) is 20.1. The van der Waals surface area contributed by atoms with Crippen molar-refractivity contribution in [3.8, 4) is 11.1 Å². The first kappa shape index (κ1) is 15.0. The summed E-state index contributed by atoms with van der Waals surface area (Å²) < 4.78 is 0. The van der Waals surface area contributed by atoms with E-state index >= 15 is 0 Å². The number of rotatable bonds is 3. The number of urea groups is 1. The van der Waals surface area contributed by atoms with Crippen LogP contribution in [0.4, 0.5) is 10.6 Å². The number of carbonyl (C=O) groups is 1. The lowest BCUT2D eigenvalue weighted by molar-refractivity contribution is 0.252. The molecule has 5 heteroatoms. The lowest BCUT2D eigenvalue weighted by Crippen LogP contribution is -2.28. The SMILES string of the molecule is CCNC(=O)Nc1cc2cc(-c3cccnc3)cc(C)c2cn1. The summed E-state index contributed by atoms with van der Waals surface area (Å²) in [5.41, 5.74) is 3.30. The second-order valence-electron chi connectivity index (χ2n) is 5.31. The molecular weight excluding hydrogens is 288 g/mol. The number of nitrogens with zero attached hydrogens (tertiary/aromatic N) is 2. The molecule has 2 heterocycles. The molecule has 0 unspecified atom stereocenters. The zero-order valence-electron chi connectivity index (χ0n) is 13.1. The smallest absolute Gasteiger partial charge is 0.320 e. The zero-order valence-corrected chi connectivity index (χ0v) is 13.1. The number of nitrogens with one attached hydrogen (secondary N) is 2. The standard InChI is InChI=1S/C18H18N4O/c1-3-20-18(23)22-17-9-15-8-14(13-5-4-6-19-10-13)7-12(2)16(15)11-21-17/h4-11H,3H2,1-2H3,(H2,20,21,22,23). The molecule has 2 amide bonds. The summed E-state index contributed by atoms with van der Waals surface area (Å²) >= 11 is 0. The third-order valence-electron chi connectivity index (χ3n) is 3.62. The van der Waals surface area contributed by atoms with Crippen LogP contribution in [0, 0.1) is 6.92 Å². The summed E-state index contributed by atoms with van der Waals surface area (Å²) in [5, 5.41) is 7.53. The fourth-order valence-electron chi connectivity index (χ4n) is 2.53. The van der Waals surface area contributed by atoms with E-state index in [2.05, 4.69) is 39.7 Å². The molecule has 0 spiro atoms. The molecule has 3 rings (SSSR count). The molecule has 0 saturated carbocycles. The summed E-state index contributed by atoms with van der Waals surface area (Å²) in [6, 6.07) is 9.80. The Morgan fingerprint density at radius 2 is 2.04 bits per heavy atom. The van der Waals surface area contributed by atoms with Gasteiger partial charge in [-0.3, -0.25) is 10.3 Å². The third-order valence-corrected chi connectivity index (χ3v) is 3.62.